The highest BCUT2D eigenvalue weighted by molar-refractivity contribution is 5.53. The minimum Gasteiger partial charge on any atom is -0.380 e. The van der Waals surface area contributed by atoms with E-state index in [1.54, 1.807) is 0 Å². The van der Waals surface area contributed by atoms with Gasteiger partial charge in [0.05, 0.1) is 6.61 Å². The van der Waals surface area contributed by atoms with Crippen molar-refractivity contribution in [2.24, 2.45) is 0 Å². The molecule has 2 heterocycles. The van der Waals surface area contributed by atoms with Crippen molar-refractivity contribution in [2.75, 3.05) is 70.5 Å². The second-order valence-electron chi connectivity index (χ2n) is 6.42. The maximum Gasteiger partial charge on any atom is 0.0593 e. The van der Waals surface area contributed by atoms with Gasteiger partial charge in [0.1, 0.15) is 0 Å². The highest BCUT2D eigenvalue weighted by atomic mass is 16.5. The molecule has 2 fully saturated rings. The molecule has 0 aliphatic carbocycles. The van der Waals surface area contributed by atoms with Gasteiger partial charge in [-0.2, -0.15) is 0 Å². The summed E-state index contributed by atoms with van der Waals surface area (Å²) in [6.07, 6.45) is 1.18. The fourth-order valence-electron chi connectivity index (χ4n) is 3.43. The van der Waals surface area contributed by atoms with Crippen molar-refractivity contribution in [1.82, 2.24) is 9.80 Å². The Bertz CT molecular complexity index is 449. The van der Waals surface area contributed by atoms with Crippen molar-refractivity contribution in [2.45, 2.75) is 13.3 Å². The van der Waals surface area contributed by atoms with E-state index < -0.39 is 0 Å². The molecule has 1 aromatic carbocycles. The molecule has 0 unspecified atom stereocenters. The van der Waals surface area contributed by atoms with Gasteiger partial charge in [-0.05, 0) is 25.0 Å². The standard InChI is InChI=1S/C18H29N3O/c1-17-5-2-3-6-18(17)21-12-10-20(11-13-21)9-8-19-7-4-15-22-16-14-19/h2-3,5-6H,4,7-16H2,1H3. The van der Waals surface area contributed by atoms with Crippen LogP contribution < -0.4 is 4.90 Å². The van der Waals surface area contributed by atoms with Gasteiger partial charge in [0.2, 0.25) is 0 Å². The zero-order valence-corrected chi connectivity index (χ0v) is 13.8. The molecule has 0 atom stereocenters. The predicted octanol–water partition coefficient (Wildman–Crippen LogP) is 1.84. The molecule has 3 rings (SSSR count). The molecule has 2 saturated heterocycles. The van der Waals surface area contributed by atoms with E-state index in [9.17, 15) is 0 Å². The van der Waals surface area contributed by atoms with E-state index in [1.807, 2.05) is 0 Å². The lowest BCUT2D eigenvalue weighted by molar-refractivity contribution is 0.137. The second kappa shape index (κ2) is 7.95. The predicted molar refractivity (Wildman–Crippen MR) is 91.7 cm³/mol. The molecule has 0 radical (unpaired) electrons. The summed E-state index contributed by atoms with van der Waals surface area (Å²) in [5.74, 6) is 0. The maximum atomic E-state index is 5.53. The number of rotatable bonds is 4. The lowest BCUT2D eigenvalue weighted by Crippen LogP contribution is -2.48. The van der Waals surface area contributed by atoms with Gasteiger partial charge in [-0.25, -0.2) is 0 Å². The van der Waals surface area contributed by atoms with Crippen molar-refractivity contribution in [3.8, 4) is 0 Å². The first-order valence-electron chi connectivity index (χ1n) is 8.66. The van der Waals surface area contributed by atoms with E-state index in [1.165, 1.54) is 50.4 Å². The summed E-state index contributed by atoms with van der Waals surface area (Å²) in [5, 5.41) is 0. The molecule has 2 aliphatic rings. The van der Waals surface area contributed by atoms with E-state index >= 15 is 0 Å². The van der Waals surface area contributed by atoms with E-state index in [4.69, 9.17) is 4.74 Å². The van der Waals surface area contributed by atoms with Gasteiger partial charge < -0.3 is 9.64 Å². The van der Waals surface area contributed by atoms with Gasteiger partial charge in [-0.3, -0.25) is 9.80 Å². The smallest absolute Gasteiger partial charge is 0.0593 e. The van der Waals surface area contributed by atoms with Gasteiger partial charge in [-0.15, -0.1) is 0 Å². The topological polar surface area (TPSA) is 19.0 Å². The van der Waals surface area contributed by atoms with Crippen LogP contribution in [0.3, 0.4) is 0 Å². The normalized spacial score (nSPS) is 21.8. The van der Waals surface area contributed by atoms with Crippen molar-refractivity contribution >= 4 is 5.69 Å². The first-order valence-corrected chi connectivity index (χ1v) is 8.66. The molecule has 4 heteroatoms. The second-order valence-corrected chi connectivity index (χ2v) is 6.42. The first kappa shape index (κ1) is 15.8. The van der Waals surface area contributed by atoms with Crippen LogP contribution in [-0.4, -0.2) is 75.4 Å². The van der Waals surface area contributed by atoms with Gasteiger partial charge in [0, 0.05) is 64.7 Å². The summed E-state index contributed by atoms with van der Waals surface area (Å²) in [6, 6.07) is 8.74. The number of hydrogen-bond acceptors (Lipinski definition) is 4. The molecule has 0 saturated carbocycles. The van der Waals surface area contributed by atoms with Crippen molar-refractivity contribution in [3.63, 3.8) is 0 Å². The molecule has 2 aliphatic heterocycles. The highest BCUT2D eigenvalue weighted by Gasteiger charge is 2.19. The van der Waals surface area contributed by atoms with Crippen molar-refractivity contribution < 1.29 is 4.74 Å². The molecular weight excluding hydrogens is 274 g/mol. The number of benzene rings is 1. The molecule has 0 aromatic heterocycles. The zero-order valence-electron chi connectivity index (χ0n) is 13.8. The number of para-hydroxylation sites is 1. The monoisotopic (exact) mass is 303 g/mol. The van der Waals surface area contributed by atoms with Gasteiger partial charge in [0.25, 0.3) is 0 Å². The van der Waals surface area contributed by atoms with Crippen LogP contribution in [0.1, 0.15) is 12.0 Å². The third kappa shape index (κ3) is 4.22. The Balaban J connectivity index is 1.43. The number of nitrogens with zero attached hydrogens (tertiary/aromatic N) is 3. The first-order chi connectivity index (χ1) is 10.8. The minimum atomic E-state index is 0.904. The van der Waals surface area contributed by atoms with E-state index in [0.717, 1.165) is 32.8 Å². The van der Waals surface area contributed by atoms with Crippen LogP contribution in [0.4, 0.5) is 5.69 Å². The van der Waals surface area contributed by atoms with Gasteiger partial charge in [0.15, 0.2) is 0 Å². The van der Waals surface area contributed by atoms with Crippen LogP contribution >= 0.6 is 0 Å². The van der Waals surface area contributed by atoms with Crippen LogP contribution in [0.25, 0.3) is 0 Å². The van der Waals surface area contributed by atoms with Gasteiger partial charge >= 0.3 is 0 Å². The van der Waals surface area contributed by atoms with E-state index in [2.05, 4.69) is 45.9 Å². The third-order valence-electron chi connectivity index (χ3n) is 4.88. The van der Waals surface area contributed by atoms with Crippen LogP contribution in [0.5, 0.6) is 0 Å². The van der Waals surface area contributed by atoms with Crippen LogP contribution in [0, 0.1) is 6.92 Å². The average molecular weight is 303 g/mol. The molecule has 0 spiro atoms. The lowest BCUT2D eigenvalue weighted by Gasteiger charge is -2.37. The molecule has 0 N–H and O–H groups in total. The summed E-state index contributed by atoms with van der Waals surface area (Å²) < 4.78 is 5.53. The minimum absolute atomic E-state index is 0.904. The summed E-state index contributed by atoms with van der Waals surface area (Å²) in [5.41, 5.74) is 2.80. The Morgan fingerprint density at radius 3 is 2.36 bits per heavy atom. The molecular formula is C18H29N3O. The van der Waals surface area contributed by atoms with Crippen molar-refractivity contribution in [1.29, 1.82) is 0 Å². The SMILES string of the molecule is Cc1ccccc1N1CCN(CCN2CCCOCC2)CC1. The van der Waals surface area contributed by atoms with E-state index in [0.29, 0.717) is 0 Å². The van der Waals surface area contributed by atoms with E-state index in [-0.39, 0.29) is 0 Å². The quantitative estimate of drug-likeness (QED) is 0.845. The van der Waals surface area contributed by atoms with Crippen molar-refractivity contribution in [3.05, 3.63) is 29.8 Å². The number of anilines is 1. The highest BCUT2D eigenvalue weighted by Crippen LogP contribution is 2.20. The summed E-state index contributed by atoms with van der Waals surface area (Å²) >= 11 is 0. The Hall–Kier alpha value is -1.10. The Labute approximate surface area is 134 Å². The summed E-state index contributed by atoms with van der Waals surface area (Å²) in [4.78, 5) is 7.70. The molecule has 1 aromatic rings. The number of aryl methyl sites for hydroxylation is 1. The number of hydrogen-bond donors (Lipinski definition) is 0. The zero-order chi connectivity index (χ0) is 15.2. The van der Waals surface area contributed by atoms with Crippen LogP contribution in [0.15, 0.2) is 24.3 Å². The number of piperazine rings is 1. The largest absolute Gasteiger partial charge is 0.380 e. The Morgan fingerprint density at radius 1 is 0.864 bits per heavy atom. The lowest BCUT2D eigenvalue weighted by atomic mass is 10.1. The fourth-order valence-corrected chi connectivity index (χ4v) is 3.43. The van der Waals surface area contributed by atoms with Gasteiger partial charge in [-0.1, -0.05) is 18.2 Å². The summed E-state index contributed by atoms with van der Waals surface area (Å²) in [7, 11) is 0. The third-order valence-corrected chi connectivity index (χ3v) is 4.88. The molecule has 0 bridgehead atoms. The molecule has 0 amide bonds. The Kier molecular flexibility index (Phi) is 5.70. The molecule has 122 valence electrons. The molecule has 4 nitrogen and oxygen atoms in total. The molecule has 22 heavy (non-hydrogen) atoms. The fraction of sp³-hybridized carbons (Fsp3) is 0.667. The summed E-state index contributed by atoms with van der Waals surface area (Å²) in [6.45, 7) is 13.4. The maximum absolute atomic E-state index is 5.53. The average Bonchev–Trinajstić information content (AvgIpc) is 2.83. The van der Waals surface area contributed by atoms with Crippen LogP contribution in [0.2, 0.25) is 0 Å². The Morgan fingerprint density at radius 2 is 1.59 bits per heavy atom. The van der Waals surface area contributed by atoms with Crippen LogP contribution in [-0.2, 0) is 4.74 Å². The number of ether oxygens (including phenoxy) is 1.